The molecular weight excluding hydrogens is 274 g/mol. The fraction of sp³-hybridized carbons (Fsp3) is 0.625. The summed E-state index contributed by atoms with van der Waals surface area (Å²) in [7, 11) is 1.65. The average Bonchev–Trinajstić information content (AvgIpc) is 2.42. The SMILES string of the molecule is CCCNCc1cc(Cl)c(OC(C)CCC)c(OC)c1. The highest BCUT2D eigenvalue weighted by Crippen LogP contribution is 2.37. The van der Waals surface area contributed by atoms with E-state index in [0.717, 1.165) is 37.9 Å². The third-order valence-corrected chi connectivity index (χ3v) is 3.34. The molecule has 20 heavy (non-hydrogen) atoms. The smallest absolute Gasteiger partial charge is 0.180 e. The molecular formula is C16H26ClNO2. The Morgan fingerprint density at radius 2 is 2.00 bits per heavy atom. The molecule has 0 saturated carbocycles. The molecule has 1 aromatic rings. The van der Waals surface area contributed by atoms with Crippen LogP contribution in [0.1, 0.15) is 45.6 Å². The summed E-state index contributed by atoms with van der Waals surface area (Å²) < 4.78 is 11.3. The second kappa shape index (κ2) is 9.09. The molecule has 0 aliphatic heterocycles. The van der Waals surface area contributed by atoms with Crippen LogP contribution in [0.2, 0.25) is 5.02 Å². The normalized spacial score (nSPS) is 12.2. The number of hydrogen-bond donors (Lipinski definition) is 1. The first-order valence-corrected chi connectivity index (χ1v) is 7.73. The van der Waals surface area contributed by atoms with Crippen molar-refractivity contribution in [2.45, 2.75) is 52.7 Å². The van der Waals surface area contributed by atoms with Crippen molar-refractivity contribution in [1.29, 1.82) is 0 Å². The minimum atomic E-state index is 0.135. The summed E-state index contributed by atoms with van der Waals surface area (Å²) in [5.41, 5.74) is 1.11. The van der Waals surface area contributed by atoms with Gasteiger partial charge in [0, 0.05) is 6.54 Å². The van der Waals surface area contributed by atoms with Crippen LogP contribution in [-0.4, -0.2) is 19.8 Å². The molecule has 1 aromatic carbocycles. The first-order valence-electron chi connectivity index (χ1n) is 7.36. The van der Waals surface area contributed by atoms with Crippen LogP contribution in [0.5, 0.6) is 11.5 Å². The molecule has 1 N–H and O–H groups in total. The van der Waals surface area contributed by atoms with Crippen molar-refractivity contribution in [3.63, 3.8) is 0 Å². The van der Waals surface area contributed by atoms with Gasteiger partial charge in [0.05, 0.1) is 18.2 Å². The van der Waals surface area contributed by atoms with Crippen molar-refractivity contribution >= 4 is 11.6 Å². The van der Waals surface area contributed by atoms with Crippen LogP contribution in [0.3, 0.4) is 0 Å². The van der Waals surface area contributed by atoms with Crippen LogP contribution in [0.25, 0.3) is 0 Å². The van der Waals surface area contributed by atoms with E-state index < -0.39 is 0 Å². The minimum Gasteiger partial charge on any atom is -0.493 e. The van der Waals surface area contributed by atoms with E-state index in [1.54, 1.807) is 7.11 Å². The molecule has 3 nitrogen and oxygen atoms in total. The van der Waals surface area contributed by atoms with Crippen molar-refractivity contribution in [3.8, 4) is 11.5 Å². The molecule has 0 aliphatic carbocycles. The van der Waals surface area contributed by atoms with Gasteiger partial charge in [0.2, 0.25) is 0 Å². The van der Waals surface area contributed by atoms with E-state index in [-0.39, 0.29) is 6.10 Å². The van der Waals surface area contributed by atoms with Gasteiger partial charge in [-0.2, -0.15) is 0 Å². The molecule has 0 aromatic heterocycles. The molecule has 0 aliphatic rings. The summed E-state index contributed by atoms with van der Waals surface area (Å²) in [4.78, 5) is 0. The predicted octanol–water partition coefficient (Wildman–Crippen LogP) is 4.42. The number of nitrogens with one attached hydrogen (secondary N) is 1. The number of benzene rings is 1. The average molecular weight is 300 g/mol. The van der Waals surface area contributed by atoms with Crippen molar-refractivity contribution in [1.82, 2.24) is 5.32 Å². The lowest BCUT2D eigenvalue weighted by Gasteiger charge is -2.18. The molecule has 0 fully saturated rings. The Labute approximate surface area is 127 Å². The largest absolute Gasteiger partial charge is 0.493 e. The summed E-state index contributed by atoms with van der Waals surface area (Å²) in [5, 5.41) is 3.97. The van der Waals surface area contributed by atoms with E-state index in [1.165, 1.54) is 0 Å². The number of halogens is 1. The quantitative estimate of drug-likeness (QED) is 0.685. The van der Waals surface area contributed by atoms with Gasteiger partial charge in [0.15, 0.2) is 11.5 Å². The van der Waals surface area contributed by atoms with Gasteiger partial charge in [-0.05, 0) is 44.0 Å². The fourth-order valence-electron chi connectivity index (χ4n) is 2.07. The molecule has 0 saturated heterocycles. The first kappa shape index (κ1) is 17.1. The summed E-state index contributed by atoms with van der Waals surface area (Å²) in [6.45, 7) is 8.12. The Morgan fingerprint density at radius 3 is 2.60 bits per heavy atom. The summed E-state index contributed by atoms with van der Waals surface area (Å²) >= 11 is 6.34. The van der Waals surface area contributed by atoms with E-state index in [0.29, 0.717) is 16.5 Å². The standard InChI is InChI=1S/C16H26ClNO2/c1-5-7-12(3)20-16-14(17)9-13(10-15(16)19-4)11-18-8-6-2/h9-10,12,18H,5-8,11H2,1-4H3. The molecule has 114 valence electrons. The molecule has 0 spiro atoms. The highest BCUT2D eigenvalue weighted by Gasteiger charge is 2.14. The second-order valence-corrected chi connectivity index (χ2v) is 5.41. The minimum absolute atomic E-state index is 0.135. The summed E-state index contributed by atoms with van der Waals surface area (Å²) in [6, 6.07) is 3.93. The lowest BCUT2D eigenvalue weighted by Crippen LogP contribution is -2.15. The maximum Gasteiger partial charge on any atom is 0.180 e. The molecule has 0 heterocycles. The number of hydrogen-bond acceptors (Lipinski definition) is 3. The van der Waals surface area contributed by atoms with Crippen LogP contribution in [0.15, 0.2) is 12.1 Å². The van der Waals surface area contributed by atoms with Gasteiger partial charge in [0.1, 0.15) is 0 Å². The van der Waals surface area contributed by atoms with Crippen LogP contribution in [0.4, 0.5) is 0 Å². The van der Waals surface area contributed by atoms with Crippen LogP contribution < -0.4 is 14.8 Å². The van der Waals surface area contributed by atoms with Gasteiger partial charge < -0.3 is 14.8 Å². The fourth-order valence-corrected chi connectivity index (χ4v) is 2.34. The lowest BCUT2D eigenvalue weighted by molar-refractivity contribution is 0.201. The maximum absolute atomic E-state index is 6.34. The van der Waals surface area contributed by atoms with Gasteiger partial charge in [0.25, 0.3) is 0 Å². The Hall–Kier alpha value is -0.930. The third kappa shape index (κ3) is 5.22. The highest BCUT2D eigenvalue weighted by molar-refractivity contribution is 6.32. The van der Waals surface area contributed by atoms with Crippen molar-refractivity contribution in [2.75, 3.05) is 13.7 Å². The zero-order valence-electron chi connectivity index (χ0n) is 13.0. The molecule has 0 bridgehead atoms. The van der Waals surface area contributed by atoms with Crippen molar-refractivity contribution in [2.24, 2.45) is 0 Å². The Kier molecular flexibility index (Phi) is 7.78. The first-order chi connectivity index (χ1) is 9.62. The van der Waals surface area contributed by atoms with E-state index in [1.807, 2.05) is 12.1 Å². The Bertz CT molecular complexity index is 410. The predicted molar refractivity (Wildman–Crippen MR) is 85.0 cm³/mol. The topological polar surface area (TPSA) is 30.5 Å². The molecule has 0 amide bonds. The van der Waals surface area contributed by atoms with Crippen molar-refractivity contribution in [3.05, 3.63) is 22.7 Å². The molecule has 1 unspecified atom stereocenters. The maximum atomic E-state index is 6.34. The third-order valence-electron chi connectivity index (χ3n) is 3.06. The van der Waals surface area contributed by atoms with Crippen LogP contribution in [0, 0.1) is 0 Å². The van der Waals surface area contributed by atoms with E-state index >= 15 is 0 Å². The number of ether oxygens (including phenoxy) is 2. The van der Waals surface area contributed by atoms with Gasteiger partial charge in [-0.1, -0.05) is 31.9 Å². The number of rotatable bonds is 9. The Morgan fingerprint density at radius 1 is 1.25 bits per heavy atom. The van der Waals surface area contributed by atoms with E-state index in [4.69, 9.17) is 21.1 Å². The highest BCUT2D eigenvalue weighted by atomic mass is 35.5. The molecule has 1 rings (SSSR count). The molecule has 0 radical (unpaired) electrons. The van der Waals surface area contributed by atoms with E-state index in [2.05, 4.69) is 26.1 Å². The summed E-state index contributed by atoms with van der Waals surface area (Å²) in [6.07, 6.45) is 3.33. The monoisotopic (exact) mass is 299 g/mol. The van der Waals surface area contributed by atoms with Gasteiger partial charge in [-0.15, -0.1) is 0 Å². The van der Waals surface area contributed by atoms with Crippen molar-refractivity contribution < 1.29 is 9.47 Å². The van der Waals surface area contributed by atoms with Gasteiger partial charge >= 0.3 is 0 Å². The van der Waals surface area contributed by atoms with Crippen LogP contribution >= 0.6 is 11.6 Å². The zero-order chi connectivity index (χ0) is 15.0. The molecule has 4 heteroatoms. The van der Waals surface area contributed by atoms with Crippen LogP contribution in [-0.2, 0) is 6.54 Å². The molecule has 1 atom stereocenters. The Balaban J connectivity index is 2.84. The number of methoxy groups -OCH3 is 1. The zero-order valence-corrected chi connectivity index (χ0v) is 13.7. The van der Waals surface area contributed by atoms with E-state index in [9.17, 15) is 0 Å². The lowest BCUT2D eigenvalue weighted by atomic mass is 10.2. The summed E-state index contributed by atoms with van der Waals surface area (Å²) in [5.74, 6) is 1.35. The second-order valence-electron chi connectivity index (χ2n) is 5.00. The van der Waals surface area contributed by atoms with Gasteiger partial charge in [-0.25, -0.2) is 0 Å². The van der Waals surface area contributed by atoms with Gasteiger partial charge in [-0.3, -0.25) is 0 Å².